The third-order valence-corrected chi connectivity index (χ3v) is 3.37. The van der Waals surface area contributed by atoms with Gasteiger partial charge in [-0.2, -0.15) is 5.26 Å². The molecule has 3 nitrogen and oxygen atoms in total. The molecule has 14 heavy (non-hydrogen) atoms. The minimum atomic E-state index is -0.190. The van der Waals surface area contributed by atoms with Crippen LogP contribution in [0.25, 0.3) is 0 Å². The van der Waals surface area contributed by atoms with Crippen molar-refractivity contribution in [2.75, 3.05) is 26.2 Å². The van der Waals surface area contributed by atoms with Crippen LogP contribution in [0.1, 0.15) is 25.7 Å². The fourth-order valence-corrected chi connectivity index (χ4v) is 2.13. The molecule has 0 aromatic heterocycles. The van der Waals surface area contributed by atoms with E-state index >= 15 is 0 Å². The fourth-order valence-electron chi connectivity index (χ4n) is 2.13. The largest absolute Gasteiger partial charge is 0.361 e. The SMILES string of the molecule is N#CC1CN(CCC2CCC2)CCO1. The molecule has 1 unspecified atom stereocenters. The molecule has 0 amide bonds. The Bertz CT molecular complexity index is 220. The highest BCUT2D eigenvalue weighted by molar-refractivity contribution is 4.89. The number of nitriles is 1. The quantitative estimate of drug-likeness (QED) is 0.681. The first-order valence-electron chi connectivity index (χ1n) is 5.62. The normalized spacial score (nSPS) is 29.5. The zero-order valence-corrected chi connectivity index (χ0v) is 8.61. The highest BCUT2D eigenvalue weighted by atomic mass is 16.5. The maximum atomic E-state index is 8.74. The van der Waals surface area contributed by atoms with E-state index in [4.69, 9.17) is 10.00 Å². The molecule has 0 aromatic carbocycles. The zero-order valence-electron chi connectivity index (χ0n) is 8.61. The van der Waals surface area contributed by atoms with Crippen molar-refractivity contribution < 1.29 is 4.74 Å². The van der Waals surface area contributed by atoms with Crippen LogP contribution in [0.15, 0.2) is 0 Å². The average molecular weight is 194 g/mol. The van der Waals surface area contributed by atoms with Crippen LogP contribution in [0.2, 0.25) is 0 Å². The molecular formula is C11H18N2O. The summed E-state index contributed by atoms with van der Waals surface area (Å²) in [6.45, 7) is 3.70. The lowest BCUT2D eigenvalue weighted by molar-refractivity contribution is -0.00249. The number of hydrogen-bond donors (Lipinski definition) is 0. The van der Waals surface area contributed by atoms with Gasteiger partial charge in [-0.3, -0.25) is 4.90 Å². The van der Waals surface area contributed by atoms with Crippen LogP contribution in [0.4, 0.5) is 0 Å². The van der Waals surface area contributed by atoms with Crippen molar-refractivity contribution >= 4 is 0 Å². The fraction of sp³-hybridized carbons (Fsp3) is 0.909. The van der Waals surface area contributed by atoms with E-state index in [1.807, 2.05) is 0 Å². The van der Waals surface area contributed by atoms with Crippen LogP contribution < -0.4 is 0 Å². The Balaban J connectivity index is 1.66. The van der Waals surface area contributed by atoms with Crippen molar-refractivity contribution in [3.05, 3.63) is 0 Å². The molecule has 78 valence electrons. The van der Waals surface area contributed by atoms with Crippen LogP contribution >= 0.6 is 0 Å². The molecule has 0 aromatic rings. The van der Waals surface area contributed by atoms with Gasteiger partial charge in [-0.15, -0.1) is 0 Å². The van der Waals surface area contributed by atoms with Gasteiger partial charge < -0.3 is 4.74 Å². The molecule has 1 heterocycles. The molecule has 1 saturated heterocycles. The maximum absolute atomic E-state index is 8.74. The van der Waals surface area contributed by atoms with Gasteiger partial charge >= 0.3 is 0 Å². The summed E-state index contributed by atoms with van der Waals surface area (Å²) in [5.74, 6) is 0.971. The van der Waals surface area contributed by atoms with Crippen LogP contribution in [0.3, 0.4) is 0 Å². The summed E-state index contributed by atoms with van der Waals surface area (Å²) in [7, 11) is 0. The molecule has 0 radical (unpaired) electrons. The van der Waals surface area contributed by atoms with Gasteiger partial charge in [0.25, 0.3) is 0 Å². The summed E-state index contributed by atoms with van der Waals surface area (Å²) in [6, 6.07) is 2.19. The van der Waals surface area contributed by atoms with Gasteiger partial charge in [-0.05, 0) is 18.9 Å². The first-order valence-corrected chi connectivity index (χ1v) is 5.62. The third-order valence-electron chi connectivity index (χ3n) is 3.37. The lowest BCUT2D eigenvalue weighted by Crippen LogP contribution is -2.42. The van der Waals surface area contributed by atoms with E-state index in [2.05, 4.69) is 11.0 Å². The van der Waals surface area contributed by atoms with E-state index in [0.29, 0.717) is 0 Å². The zero-order chi connectivity index (χ0) is 9.80. The molecule has 1 atom stereocenters. The summed E-state index contributed by atoms with van der Waals surface area (Å²) >= 11 is 0. The summed E-state index contributed by atoms with van der Waals surface area (Å²) < 4.78 is 5.30. The maximum Gasteiger partial charge on any atom is 0.156 e. The van der Waals surface area contributed by atoms with Crippen molar-refractivity contribution in [1.82, 2.24) is 4.90 Å². The Morgan fingerprint density at radius 2 is 2.29 bits per heavy atom. The molecule has 1 aliphatic carbocycles. The van der Waals surface area contributed by atoms with Crippen molar-refractivity contribution in [2.24, 2.45) is 5.92 Å². The Kier molecular flexibility index (Phi) is 3.39. The molecule has 0 spiro atoms. The molecule has 2 aliphatic rings. The van der Waals surface area contributed by atoms with Crippen molar-refractivity contribution in [3.63, 3.8) is 0 Å². The van der Waals surface area contributed by atoms with Gasteiger partial charge in [-0.1, -0.05) is 19.3 Å². The second-order valence-electron chi connectivity index (χ2n) is 4.37. The molecule has 1 saturated carbocycles. The average Bonchev–Trinajstić information content (AvgIpc) is 2.16. The minimum Gasteiger partial charge on any atom is -0.361 e. The molecule has 2 rings (SSSR count). The van der Waals surface area contributed by atoms with Crippen LogP contribution in [-0.4, -0.2) is 37.2 Å². The Morgan fingerprint density at radius 1 is 1.43 bits per heavy atom. The number of rotatable bonds is 3. The third kappa shape index (κ3) is 2.46. The van der Waals surface area contributed by atoms with Crippen LogP contribution in [-0.2, 0) is 4.74 Å². The van der Waals surface area contributed by atoms with Crippen LogP contribution in [0.5, 0.6) is 0 Å². The smallest absolute Gasteiger partial charge is 0.156 e. The Labute approximate surface area is 85.6 Å². The second kappa shape index (κ2) is 4.77. The van der Waals surface area contributed by atoms with Gasteiger partial charge in [0.2, 0.25) is 0 Å². The highest BCUT2D eigenvalue weighted by Crippen LogP contribution is 2.29. The molecule has 0 N–H and O–H groups in total. The molecular weight excluding hydrogens is 176 g/mol. The predicted molar refractivity (Wildman–Crippen MR) is 53.8 cm³/mol. The number of morpholine rings is 1. The predicted octanol–water partition coefficient (Wildman–Crippen LogP) is 1.40. The summed E-state index contributed by atoms with van der Waals surface area (Å²) in [4.78, 5) is 2.37. The van der Waals surface area contributed by atoms with Gasteiger partial charge in [0.1, 0.15) is 0 Å². The number of ether oxygens (including phenoxy) is 1. The monoisotopic (exact) mass is 194 g/mol. The Hall–Kier alpha value is -0.590. The number of hydrogen-bond acceptors (Lipinski definition) is 3. The van der Waals surface area contributed by atoms with Gasteiger partial charge in [0, 0.05) is 13.1 Å². The lowest BCUT2D eigenvalue weighted by Gasteiger charge is -2.32. The summed E-state index contributed by atoms with van der Waals surface area (Å²) in [6.07, 6.45) is 5.40. The van der Waals surface area contributed by atoms with Crippen molar-refractivity contribution in [1.29, 1.82) is 5.26 Å². The first kappa shape index (κ1) is 9.95. The van der Waals surface area contributed by atoms with E-state index in [1.54, 1.807) is 0 Å². The van der Waals surface area contributed by atoms with Gasteiger partial charge in [0.15, 0.2) is 6.10 Å². The van der Waals surface area contributed by atoms with Crippen molar-refractivity contribution in [3.8, 4) is 6.07 Å². The number of nitrogens with zero attached hydrogens (tertiary/aromatic N) is 2. The lowest BCUT2D eigenvalue weighted by atomic mass is 9.83. The summed E-state index contributed by atoms with van der Waals surface area (Å²) in [5.41, 5.74) is 0. The van der Waals surface area contributed by atoms with E-state index in [0.717, 1.165) is 32.2 Å². The van der Waals surface area contributed by atoms with Crippen molar-refractivity contribution in [2.45, 2.75) is 31.8 Å². The minimum absolute atomic E-state index is 0.190. The summed E-state index contributed by atoms with van der Waals surface area (Å²) in [5, 5.41) is 8.74. The van der Waals surface area contributed by atoms with E-state index in [-0.39, 0.29) is 6.10 Å². The molecule has 3 heteroatoms. The van der Waals surface area contributed by atoms with Gasteiger partial charge in [-0.25, -0.2) is 0 Å². The second-order valence-corrected chi connectivity index (χ2v) is 4.37. The molecule has 2 fully saturated rings. The van der Waals surface area contributed by atoms with Crippen LogP contribution in [0, 0.1) is 17.2 Å². The first-order chi connectivity index (χ1) is 6.88. The van der Waals surface area contributed by atoms with E-state index in [1.165, 1.54) is 25.7 Å². The highest BCUT2D eigenvalue weighted by Gasteiger charge is 2.22. The molecule has 0 bridgehead atoms. The van der Waals surface area contributed by atoms with E-state index < -0.39 is 0 Å². The standard InChI is InChI=1S/C11H18N2O/c12-8-11-9-13(6-7-14-11)5-4-10-2-1-3-10/h10-11H,1-7,9H2. The topological polar surface area (TPSA) is 36.3 Å². The Morgan fingerprint density at radius 3 is 2.93 bits per heavy atom. The van der Waals surface area contributed by atoms with Gasteiger partial charge in [0.05, 0.1) is 12.7 Å². The molecule has 1 aliphatic heterocycles. The van der Waals surface area contributed by atoms with E-state index in [9.17, 15) is 0 Å².